The molecule has 4 nitrogen and oxygen atoms in total. The van der Waals surface area contributed by atoms with E-state index in [-0.39, 0.29) is 0 Å². The molecule has 0 radical (unpaired) electrons. The maximum atomic E-state index is 6.24. The molecule has 0 saturated heterocycles. The maximum absolute atomic E-state index is 6.24. The highest BCUT2D eigenvalue weighted by molar-refractivity contribution is 6.08. The van der Waals surface area contributed by atoms with Crippen molar-refractivity contribution in [1.82, 2.24) is 4.98 Å². The minimum Gasteiger partial charge on any atom is -0.435 e. The predicted octanol–water partition coefficient (Wildman–Crippen LogP) is 7.29. The number of pyridine rings is 1. The van der Waals surface area contributed by atoms with Crippen molar-refractivity contribution in [1.29, 1.82) is 0 Å². The van der Waals surface area contributed by atoms with Gasteiger partial charge in [-0.1, -0.05) is 58.0 Å². The highest BCUT2D eigenvalue weighted by Gasteiger charge is 2.24. The first kappa shape index (κ1) is 19.7. The quantitative estimate of drug-likeness (QED) is 0.353. The summed E-state index contributed by atoms with van der Waals surface area (Å²) in [6.07, 6.45) is 4.35. The molecule has 4 heteroatoms. The van der Waals surface area contributed by atoms with Crippen LogP contribution in [0.3, 0.4) is 0 Å². The number of hydrogen-bond acceptors (Lipinski definition) is 4. The van der Waals surface area contributed by atoms with Crippen LogP contribution in [0, 0.1) is 6.92 Å². The van der Waals surface area contributed by atoms with E-state index < -0.39 is 0 Å². The smallest absolute Gasteiger partial charge is 0.227 e. The Hall–Kier alpha value is -3.27. The molecule has 0 bridgehead atoms. The second-order valence-corrected chi connectivity index (χ2v) is 9.03. The van der Waals surface area contributed by atoms with E-state index >= 15 is 0 Å². The van der Waals surface area contributed by atoms with Crippen LogP contribution >= 0.6 is 0 Å². The summed E-state index contributed by atoms with van der Waals surface area (Å²) in [5.74, 6) is 0.925. The number of anilines is 2. The van der Waals surface area contributed by atoms with Gasteiger partial charge in [0.1, 0.15) is 0 Å². The second kappa shape index (κ2) is 7.45. The van der Waals surface area contributed by atoms with Crippen molar-refractivity contribution in [2.24, 2.45) is 0 Å². The first-order valence-electron chi connectivity index (χ1n) is 11.1. The SMILES string of the molecule is Cc1ccc2c(n1)oc1c(N3C=CN(c4c(C(C)C)cccc4C(C)C)C3)cccc12. The van der Waals surface area contributed by atoms with Crippen LogP contribution in [0.2, 0.25) is 0 Å². The van der Waals surface area contributed by atoms with Crippen LogP contribution in [0.15, 0.2) is 65.3 Å². The molecule has 158 valence electrons. The molecule has 0 aliphatic carbocycles. The summed E-state index contributed by atoms with van der Waals surface area (Å²) in [4.78, 5) is 9.22. The van der Waals surface area contributed by atoms with Crippen LogP contribution in [0.5, 0.6) is 0 Å². The van der Waals surface area contributed by atoms with Gasteiger partial charge in [0.25, 0.3) is 0 Å². The van der Waals surface area contributed by atoms with Gasteiger partial charge < -0.3 is 14.2 Å². The van der Waals surface area contributed by atoms with Gasteiger partial charge in [-0.05, 0) is 48.1 Å². The van der Waals surface area contributed by atoms with E-state index in [1.807, 2.05) is 13.0 Å². The third-order valence-electron chi connectivity index (χ3n) is 6.15. The number of para-hydroxylation sites is 2. The van der Waals surface area contributed by atoms with Crippen LogP contribution in [-0.4, -0.2) is 11.7 Å². The van der Waals surface area contributed by atoms with Gasteiger partial charge in [0, 0.05) is 34.6 Å². The fraction of sp³-hybridized carbons (Fsp3) is 0.296. The van der Waals surface area contributed by atoms with Crippen LogP contribution in [0.25, 0.3) is 22.1 Å². The van der Waals surface area contributed by atoms with E-state index in [1.165, 1.54) is 16.8 Å². The molecule has 0 saturated carbocycles. The zero-order valence-corrected chi connectivity index (χ0v) is 18.9. The molecule has 0 unspecified atom stereocenters. The average molecular weight is 412 g/mol. The Morgan fingerprint density at radius 1 is 0.806 bits per heavy atom. The fourth-order valence-corrected chi connectivity index (χ4v) is 4.55. The van der Waals surface area contributed by atoms with Crippen molar-refractivity contribution < 1.29 is 4.42 Å². The summed E-state index contributed by atoms with van der Waals surface area (Å²) >= 11 is 0. The van der Waals surface area contributed by atoms with E-state index in [9.17, 15) is 0 Å². The van der Waals surface area contributed by atoms with Gasteiger partial charge >= 0.3 is 0 Å². The molecule has 0 atom stereocenters. The number of rotatable bonds is 4. The Morgan fingerprint density at radius 2 is 1.48 bits per heavy atom. The fourth-order valence-electron chi connectivity index (χ4n) is 4.55. The van der Waals surface area contributed by atoms with Crippen molar-refractivity contribution in [3.63, 3.8) is 0 Å². The zero-order chi connectivity index (χ0) is 21.7. The van der Waals surface area contributed by atoms with Crippen molar-refractivity contribution in [2.45, 2.75) is 46.5 Å². The highest BCUT2D eigenvalue weighted by atomic mass is 16.3. The highest BCUT2D eigenvalue weighted by Crippen LogP contribution is 2.39. The molecule has 0 fully saturated rings. The Balaban J connectivity index is 1.56. The van der Waals surface area contributed by atoms with E-state index in [4.69, 9.17) is 4.42 Å². The molecule has 4 aromatic rings. The number of hydrogen-bond donors (Lipinski definition) is 0. The zero-order valence-electron chi connectivity index (χ0n) is 18.9. The van der Waals surface area contributed by atoms with Crippen molar-refractivity contribution in [2.75, 3.05) is 16.5 Å². The number of aromatic nitrogens is 1. The number of furan rings is 1. The van der Waals surface area contributed by atoms with E-state index in [2.05, 4.69) is 97.3 Å². The van der Waals surface area contributed by atoms with Crippen LogP contribution in [-0.2, 0) is 0 Å². The van der Waals surface area contributed by atoms with E-state index in [0.29, 0.717) is 17.5 Å². The summed E-state index contributed by atoms with van der Waals surface area (Å²) in [7, 11) is 0. The lowest BCUT2D eigenvalue weighted by Gasteiger charge is -2.28. The lowest BCUT2D eigenvalue weighted by Crippen LogP contribution is -2.26. The molecular formula is C27H29N3O. The maximum Gasteiger partial charge on any atom is 0.227 e. The molecule has 0 N–H and O–H groups in total. The Kier molecular flexibility index (Phi) is 4.73. The number of nitrogens with zero attached hydrogens (tertiary/aromatic N) is 3. The van der Waals surface area contributed by atoms with Gasteiger partial charge in [0.2, 0.25) is 5.71 Å². The molecule has 0 amide bonds. The number of fused-ring (bicyclic) bond motifs is 3. The molecule has 1 aliphatic rings. The lowest BCUT2D eigenvalue weighted by molar-refractivity contribution is 0.651. The molecule has 2 aromatic heterocycles. The van der Waals surface area contributed by atoms with Gasteiger partial charge in [-0.25, -0.2) is 4.98 Å². The van der Waals surface area contributed by atoms with Crippen molar-refractivity contribution >= 4 is 33.4 Å². The Morgan fingerprint density at radius 3 is 2.19 bits per heavy atom. The number of benzene rings is 2. The average Bonchev–Trinajstić information content (AvgIpc) is 3.37. The van der Waals surface area contributed by atoms with Gasteiger partial charge in [-0.2, -0.15) is 0 Å². The first-order valence-corrected chi connectivity index (χ1v) is 11.1. The summed E-state index contributed by atoms with van der Waals surface area (Å²) < 4.78 is 6.24. The van der Waals surface area contributed by atoms with Gasteiger partial charge in [-0.3, -0.25) is 0 Å². The minimum atomic E-state index is 0.462. The second-order valence-electron chi connectivity index (χ2n) is 9.03. The molecule has 31 heavy (non-hydrogen) atoms. The van der Waals surface area contributed by atoms with Gasteiger partial charge in [0.15, 0.2) is 5.58 Å². The summed E-state index contributed by atoms with van der Waals surface area (Å²) in [6, 6.07) is 17.2. The molecule has 5 rings (SSSR count). The summed E-state index contributed by atoms with van der Waals surface area (Å²) in [5, 5.41) is 2.17. The van der Waals surface area contributed by atoms with Crippen LogP contribution in [0.1, 0.15) is 56.4 Å². The first-order chi connectivity index (χ1) is 14.9. The number of aryl methyl sites for hydroxylation is 1. The Labute approximate surface area is 183 Å². The predicted molar refractivity (Wildman–Crippen MR) is 130 cm³/mol. The minimum absolute atomic E-state index is 0.462. The molecule has 2 aromatic carbocycles. The molecule has 3 heterocycles. The van der Waals surface area contributed by atoms with Gasteiger partial charge in [-0.15, -0.1) is 0 Å². The molecule has 1 aliphatic heterocycles. The van der Waals surface area contributed by atoms with Gasteiger partial charge in [0.05, 0.1) is 12.4 Å². The Bertz CT molecular complexity index is 1270. The van der Waals surface area contributed by atoms with E-state index in [1.54, 1.807) is 0 Å². The summed E-state index contributed by atoms with van der Waals surface area (Å²) in [5.41, 5.74) is 7.74. The lowest BCUT2D eigenvalue weighted by atomic mass is 9.92. The van der Waals surface area contributed by atoms with Crippen LogP contribution < -0.4 is 9.80 Å². The third kappa shape index (κ3) is 3.27. The van der Waals surface area contributed by atoms with Crippen molar-refractivity contribution in [3.8, 4) is 0 Å². The standard InChI is InChI=1S/C27H29N3O/c1-17(2)20-8-6-9-21(18(3)4)25(20)30-15-14-29(16-30)24-11-7-10-22-23-13-12-19(5)28-27(23)31-26(22)24/h6-15,17-18H,16H2,1-5H3. The monoisotopic (exact) mass is 411 g/mol. The molecule has 0 spiro atoms. The third-order valence-corrected chi connectivity index (χ3v) is 6.15. The largest absolute Gasteiger partial charge is 0.435 e. The van der Waals surface area contributed by atoms with E-state index in [0.717, 1.165) is 34.4 Å². The van der Waals surface area contributed by atoms with Crippen LogP contribution in [0.4, 0.5) is 11.4 Å². The normalized spacial score (nSPS) is 14.2. The topological polar surface area (TPSA) is 32.5 Å². The summed E-state index contributed by atoms with van der Waals surface area (Å²) in [6.45, 7) is 11.8. The molecular weight excluding hydrogens is 382 g/mol. The van der Waals surface area contributed by atoms with Crippen molar-refractivity contribution in [3.05, 3.63) is 77.8 Å².